The molecule has 1 aromatic heterocycles. The van der Waals surface area contributed by atoms with E-state index in [0.717, 1.165) is 73.9 Å². The molecule has 2 saturated heterocycles. The van der Waals surface area contributed by atoms with Crippen molar-refractivity contribution in [3.05, 3.63) is 64.8 Å². The number of benzene rings is 3. The average Bonchev–Trinajstić information content (AvgIpc) is 3.02. The number of nitrogens with one attached hydrogen (secondary N) is 2. The predicted molar refractivity (Wildman–Crippen MR) is 189 cm³/mol. The highest BCUT2D eigenvalue weighted by atomic mass is 35.5. The molecule has 3 aromatic carbocycles. The van der Waals surface area contributed by atoms with E-state index in [4.69, 9.17) is 27.9 Å². The minimum atomic E-state index is -2.67. The van der Waals surface area contributed by atoms with Gasteiger partial charge in [0.15, 0.2) is 5.82 Å². The van der Waals surface area contributed by atoms with Crippen molar-refractivity contribution in [1.82, 2.24) is 19.8 Å². The minimum absolute atomic E-state index is 0.315. The maximum atomic E-state index is 13.4. The van der Waals surface area contributed by atoms with Crippen molar-refractivity contribution in [2.45, 2.75) is 18.9 Å². The molecule has 2 N–H and O–H groups in total. The monoisotopic (exact) mass is 667 g/mol. The Kier molecular flexibility index (Phi) is 9.46. The molecule has 6 rings (SSSR count). The lowest BCUT2D eigenvalue weighted by Crippen LogP contribution is -2.52. The number of likely N-dealkylation sites (N-methyl/N-ethyl adjacent to an activating group) is 1. The number of hydrogen-bond donors (Lipinski definition) is 2. The summed E-state index contributed by atoms with van der Waals surface area (Å²) < 4.78 is 19.2. The molecule has 2 fully saturated rings. The van der Waals surface area contributed by atoms with Gasteiger partial charge in [-0.2, -0.15) is 4.98 Å². The topological polar surface area (TPSA) is 85.9 Å². The third kappa shape index (κ3) is 7.03. The molecule has 9 nitrogen and oxygen atoms in total. The van der Waals surface area contributed by atoms with Crippen molar-refractivity contribution in [2.75, 3.05) is 82.3 Å². The van der Waals surface area contributed by atoms with Gasteiger partial charge in [0, 0.05) is 56.7 Å². The number of nitrogens with zero attached hydrogens (tertiary/aromatic N) is 5. The van der Waals surface area contributed by atoms with Crippen molar-refractivity contribution < 1.29 is 9.30 Å². The first kappa shape index (κ1) is 31.9. The Bertz CT molecular complexity index is 1730. The zero-order valence-electron chi connectivity index (χ0n) is 26.2. The highest BCUT2D eigenvalue weighted by Crippen LogP contribution is 2.42. The number of halogens is 2. The van der Waals surface area contributed by atoms with Gasteiger partial charge in [0.25, 0.3) is 0 Å². The smallest absolute Gasteiger partial charge is 0.229 e. The van der Waals surface area contributed by atoms with Crippen LogP contribution >= 0.6 is 30.3 Å². The molecule has 3 heterocycles. The lowest BCUT2D eigenvalue weighted by Gasteiger charge is -2.42. The molecule has 2 aliphatic heterocycles. The highest BCUT2D eigenvalue weighted by Gasteiger charge is 2.28. The second-order valence-corrected chi connectivity index (χ2v) is 16.2. The van der Waals surface area contributed by atoms with Gasteiger partial charge in [0.1, 0.15) is 17.9 Å². The van der Waals surface area contributed by atoms with Crippen LogP contribution in [0.5, 0.6) is 5.75 Å². The first-order chi connectivity index (χ1) is 21.6. The van der Waals surface area contributed by atoms with Gasteiger partial charge in [-0.25, -0.2) is 4.98 Å². The molecule has 0 spiro atoms. The molecular formula is C33H40Cl2N7O2P. The lowest BCUT2D eigenvalue weighted by atomic mass is 10.0. The van der Waals surface area contributed by atoms with E-state index < -0.39 is 7.14 Å². The number of anilines is 5. The highest BCUT2D eigenvalue weighted by molar-refractivity contribution is 7.71. The van der Waals surface area contributed by atoms with E-state index in [-0.39, 0.29) is 0 Å². The fourth-order valence-electron chi connectivity index (χ4n) is 6.41. The Morgan fingerprint density at radius 3 is 2.36 bits per heavy atom. The number of hydrogen-bond acceptors (Lipinski definition) is 9. The number of piperidine rings is 1. The summed E-state index contributed by atoms with van der Waals surface area (Å²) in [5, 5.41) is 10.3. The van der Waals surface area contributed by atoms with E-state index in [1.807, 2.05) is 48.5 Å². The lowest BCUT2D eigenvalue weighted by molar-refractivity contribution is 0.0982. The summed E-state index contributed by atoms with van der Waals surface area (Å²) in [6.45, 7) is 9.98. The Morgan fingerprint density at radius 1 is 0.911 bits per heavy atom. The van der Waals surface area contributed by atoms with Crippen molar-refractivity contribution in [3.63, 3.8) is 0 Å². The molecule has 238 valence electrons. The van der Waals surface area contributed by atoms with Gasteiger partial charge in [0.2, 0.25) is 5.95 Å². The van der Waals surface area contributed by atoms with Crippen LogP contribution in [0.3, 0.4) is 0 Å². The second kappa shape index (κ2) is 13.3. The number of aromatic nitrogens is 2. The van der Waals surface area contributed by atoms with Crippen LogP contribution in [0.2, 0.25) is 10.0 Å². The van der Waals surface area contributed by atoms with Crippen LogP contribution in [0.1, 0.15) is 12.8 Å². The molecule has 0 aliphatic carbocycles. The minimum Gasteiger partial charge on any atom is -0.494 e. The Hall–Kier alpha value is -3.07. The summed E-state index contributed by atoms with van der Waals surface area (Å²) in [4.78, 5) is 16.5. The van der Waals surface area contributed by atoms with Gasteiger partial charge < -0.3 is 29.7 Å². The van der Waals surface area contributed by atoms with E-state index in [1.54, 1.807) is 20.4 Å². The van der Waals surface area contributed by atoms with E-state index in [9.17, 15) is 4.57 Å². The van der Waals surface area contributed by atoms with E-state index in [1.165, 1.54) is 6.20 Å². The second-order valence-electron chi connectivity index (χ2n) is 12.2. The molecule has 12 heteroatoms. The number of fused-ring (bicyclic) bond motifs is 1. The van der Waals surface area contributed by atoms with Crippen LogP contribution in [0.15, 0.2) is 54.7 Å². The average molecular weight is 669 g/mol. The molecule has 2 aliphatic rings. The van der Waals surface area contributed by atoms with E-state index in [2.05, 4.69) is 42.3 Å². The molecule has 4 aromatic rings. The molecule has 45 heavy (non-hydrogen) atoms. The molecule has 0 atom stereocenters. The van der Waals surface area contributed by atoms with Crippen LogP contribution in [0, 0.1) is 0 Å². The quantitative estimate of drug-likeness (QED) is 0.195. The summed E-state index contributed by atoms with van der Waals surface area (Å²) in [5.74, 6) is 1.35. The van der Waals surface area contributed by atoms with Crippen LogP contribution in [-0.4, -0.2) is 92.6 Å². The number of rotatable bonds is 8. The van der Waals surface area contributed by atoms with Crippen LogP contribution in [-0.2, 0) is 4.57 Å². The normalized spacial score (nSPS) is 17.1. The third-order valence-electron chi connectivity index (χ3n) is 8.81. The van der Waals surface area contributed by atoms with Gasteiger partial charge in [-0.05, 0) is 56.1 Å². The first-order valence-corrected chi connectivity index (χ1v) is 18.7. The number of piperazine rings is 1. The van der Waals surface area contributed by atoms with Crippen molar-refractivity contribution in [3.8, 4) is 5.75 Å². The predicted octanol–water partition coefficient (Wildman–Crippen LogP) is 6.90. The van der Waals surface area contributed by atoms with Crippen molar-refractivity contribution in [1.29, 1.82) is 0 Å². The summed E-state index contributed by atoms with van der Waals surface area (Å²) in [5.41, 5.74) is 2.29. The third-order valence-corrected chi connectivity index (χ3v) is 10.9. The molecule has 0 unspecified atom stereocenters. The molecule has 0 saturated carbocycles. The van der Waals surface area contributed by atoms with Crippen LogP contribution in [0.25, 0.3) is 10.8 Å². The Balaban J connectivity index is 1.21. The van der Waals surface area contributed by atoms with E-state index in [0.29, 0.717) is 45.0 Å². The maximum Gasteiger partial charge on any atom is 0.229 e. The first-order valence-electron chi connectivity index (χ1n) is 15.3. The fourth-order valence-corrected chi connectivity index (χ4v) is 8.33. The largest absolute Gasteiger partial charge is 0.494 e. The molecule has 0 radical (unpaired) electrons. The van der Waals surface area contributed by atoms with Gasteiger partial charge >= 0.3 is 0 Å². The fraction of sp³-hybridized carbons (Fsp3) is 0.394. The molecular weight excluding hydrogens is 628 g/mol. The van der Waals surface area contributed by atoms with Gasteiger partial charge in [-0.15, -0.1) is 0 Å². The van der Waals surface area contributed by atoms with Crippen LogP contribution < -0.4 is 25.6 Å². The van der Waals surface area contributed by atoms with Gasteiger partial charge in [-0.1, -0.05) is 53.5 Å². The Labute approximate surface area is 275 Å². The van der Waals surface area contributed by atoms with Crippen molar-refractivity contribution in [2.24, 2.45) is 0 Å². The standard InChI is InChI=1S/C33H40Cl2N7O2P/c1-40-15-17-41(18-16-40)23-11-13-42(14-12-23)29-20-30(44-2)28(19-25(29)34)38-33-36-21-26(35)32(39-33)37-27-10-9-22-7-5-6-8-24(22)31(27)45(3,4)43/h5-10,19-21,23H,11-18H2,1-4H3,(H2,36,37,38,39). The van der Waals surface area contributed by atoms with Gasteiger partial charge in [-0.3, -0.25) is 4.90 Å². The Morgan fingerprint density at radius 2 is 1.64 bits per heavy atom. The SMILES string of the molecule is COc1cc(N2CCC(N3CCN(C)CC3)CC2)c(Cl)cc1Nc1ncc(Cl)c(Nc2ccc3ccccc3c2P(C)(C)=O)n1. The number of methoxy groups -OCH3 is 1. The van der Waals surface area contributed by atoms with Crippen LogP contribution in [0.4, 0.5) is 28.8 Å². The van der Waals surface area contributed by atoms with E-state index >= 15 is 0 Å². The summed E-state index contributed by atoms with van der Waals surface area (Å²) in [6, 6.07) is 16.3. The summed E-state index contributed by atoms with van der Waals surface area (Å²) in [7, 11) is 1.17. The van der Waals surface area contributed by atoms with Gasteiger partial charge in [0.05, 0.1) is 35.4 Å². The molecule has 0 amide bonds. The summed E-state index contributed by atoms with van der Waals surface area (Å²) >= 11 is 13.4. The van der Waals surface area contributed by atoms with Crippen molar-refractivity contribution >= 4 is 75.2 Å². The molecule has 0 bridgehead atoms. The zero-order chi connectivity index (χ0) is 31.7. The maximum absolute atomic E-state index is 13.4. The summed E-state index contributed by atoms with van der Waals surface area (Å²) in [6.07, 6.45) is 3.76. The zero-order valence-corrected chi connectivity index (χ0v) is 28.6. The number of ether oxygens (including phenoxy) is 1.